The second kappa shape index (κ2) is 10.6. The van der Waals surface area contributed by atoms with Crippen LogP contribution in [-0.2, 0) is 0 Å². The zero-order chi connectivity index (χ0) is 27.1. The molecule has 2 aromatic carbocycles. The Morgan fingerprint density at radius 2 is 1.77 bits per heavy atom. The van der Waals surface area contributed by atoms with Crippen molar-refractivity contribution in [2.45, 2.75) is 32.4 Å². The summed E-state index contributed by atoms with van der Waals surface area (Å²) in [6.07, 6.45) is 4.98. The third kappa shape index (κ3) is 5.01. The molecule has 0 unspecified atom stereocenters. The smallest absolute Gasteiger partial charge is 0.174 e. The van der Waals surface area contributed by atoms with E-state index in [2.05, 4.69) is 52.1 Å². The first-order valence-corrected chi connectivity index (χ1v) is 14.2. The highest BCUT2D eigenvalue weighted by Gasteiger charge is 2.42. The number of thiocarbonyl (C=S) groups is 1. The molecule has 4 aromatic rings. The molecule has 2 aliphatic rings. The van der Waals surface area contributed by atoms with Gasteiger partial charge in [-0.3, -0.25) is 4.98 Å². The highest BCUT2D eigenvalue weighted by Crippen LogP contribution is 2.44. The number of piperidine rings is 1. The Balaban J connectivity index is 1.43. The topological polar surface area (TPSA) is 36.3 Å². The fourth-order valence-electron chi connectivity index (χ4n) is 6.19. The summed E-state index contributed by atoms with van der Waals surface area (Å²) < 4.78 is 16.2. The van der Waals surface area contributed by atoms with Crippen LogP contribution in [0.3, 0.4) is 0 Å². The maximum Gasteiger partial charge on any atom is 0.174 e. The summed E-state index contributed by atoms with van der Waals surface area (Å²) in [6, 6.07) is 22.3. The molecule has 4 heterocycles. The van der Waals surface area contributed by atoms with Crippen LogP contribution in [0.4, 0.5) is 15.8 Å². The van der Waals surface area contributed by atoms with Crippen molar-refractivity contribution in [3.8, 4) is 5.69 Å². The minimum atomic E-state index is -0.283. The van der Waals surface area contributed by atoms with E-state index in [9.17, 15) is 4.39 Å². The van der Waals surface area contributed by atoms with Crippen LogP contribution in [0.5, 0.6) is 0 Å². The Kier molecular flexibility index (Phi) is 7.04. The summed E-state index contributed by atoms with van der Waals surface area (Å²) in [5, 5.41) is 4.81. The summed E-state index contributed by atoms with van der Waals surface area (Å²) in [5.74, 6) is 0.965. The minimum Gasteiger partial charge on any atom is -0.370 e. The zero-order valence-corrected chi connectivity index (χ0v) is 23.5. The summed E-state index contributed by atoms with van der Waals surface area (Å²) in [4.78, 5) is 9.16. The molecule has 0 spiro atoms. The number of halogens is 2. The monoisotopic (exact) mass is 559 g/mol. The Hall–Kier alpha value is -3.42. The standard InChI is InChI=1S/C31H31ClFN5S/c1-20-15-21(2)19-36(18-20)27-12-11-24(17-25(27)32)38-30(29(35-31(38)39)26-9-3-4-13-34-26)28-10-6-14-37(28)23-8-5-7-22(33)16-23/h3-14,16-17,20-21,29-30H,15,18-19H2,1-2H3,(H,35,39)/t20-,21+,29-,30-/m1/s1. The largest absolute Gasteiger partial charge is 0.370 e. The maximum absolute atomic E-state index is 14.2. The maximum atomic E-state index is 14.2. The molecule has 0 saturated carbocycles. The van der Waals surface area contributed by atoms with E-state index in [0.29, 0.717) is 22.0 Å². The number of hydrogen-bond donors (Lipinski definition) is 1. The third-order valence-corrected chi connectivity index (χ3v) is 8.30. The van der Waals surface area contributed by atoms with Crippen LogP contribution in [0.25, 0.3) is 5.69 Å². The van der Waals surface area contributed by atoms with Crippen molar-refractivity contribution in [3.05, 3.63) is 107 Å². The van der Waals surface area contributed by atoms with Crippen LogP contribution in [0.2, 0.25) is 5.02 Å². The fraction of sp³-hybridized carbons (Fsp3) is 0.290. The van der Waals surface area contributed by atoms with Gasteiger partial charge in [-0.05, 0) is 91.1 Å². The number of nitrogens with zero attached hydrogens (tertiary/aromatic N) is 4. The number of pyridine rings is 1. The van der Waals surface area contributed by atoms with Crippen molar-refractivity contribution in [1.29, 1.82) is 0 Å². The minimum absolute atomic E-state index is 0.219. The van der Waals surface area contributed by atoms with Gasteiger partial charge in [-0.25, -0.2) is 4.39 Å². The third-order valence-electron chi connectivity index (χ3n) is 7.69. The Bertz CT molecular complexity index is 1480. The van der Waals surface area contributed by atoms with Crippen LogP contribution in [0, 0.1) is 17.7 Å². The van der Waals surface area contributed by atoms with Crippen molar-refractivity contribution in [3.63, 3.8) is 0 Å². The molecule has 2 saturated heterocycles. The molecule has 2 aromatic heterocycles. The molecule has 5 nitrogen and oxygen atoms in total. The predicted octanol–water partition coefficient (Wildman–Crippen LogP) is 7.32. The van der Waals surface area contributed by atoms with Gasteiger partial charge in [0.15, 0.2) is 5.11 Å². The highest BCUT2D eigenvalue weighted by molar-refractivity contribution is 7.80. The van der Waals surface area contributed by atoms with Crippen molar-refractivity contribution in [2.24, 2.45) is 11.8 Å². The van der Waals surface area contributed by atoms with E-state index in [0.717, 1.165) is 41.5 Å². The molecular weight excluding hydrogens is 529 g/mol. The van der Waals surface area contributed by atoms with Gasteiger partial charge in [0, 0.05) is 42.6 Å². The predicted molar refractivity (Wildman–Crippen MR) is 160 cm³/mol. The number of benzene rings is 2. The van der Waals surface area contributed by atoms with E-state index in [1.54, 1.807) is 12.3 Å². The Labute approximate surface area is 239 Å². The molecule has 4 atom stereocenters. The van der Waals surface area contributed by atoms with E-state index < -0.39 is 0 Å². The zero-order valence-electron chi connectivity index (χ0n) is 22.0. The molecule has 39 heavy (non-hydrogen) atoms. The first-order valence-electron chi connectivity index (χ1n) is 13.4. The molecular formula is C31H31ClFN5S. The molecule has 8 heteroatoms. The van der Waals surface area contributed by atoms with E-state index in [4.69, 9.17) is 23.8 Å². The molecule has 0 amide bonds. The van der Waals surface area contributed by atoms with Gasteiger partial charge in [-0.15, -0.1) is 0 Å². The van der Waals surface area contributed by atoms with Gasteiger partial charge in [-0.1, -0.05) is 37.6 Å². The number of rotatable bonds is 5. The lowest BCUT2D eigenvalue weighted by atomic mass is 9.91. The molecule has 1 N–H and O–H groups in total. The van der Waals surface area contributed by atoms with Crippen LogP contribution in [0.1, 0.15) is 43.7 Å². The van der Waals surface area contributed by atoms with Gasteiger partial charge in [0.1, 0.15) is 11.9 Å². The SMILES string of the molecule is C[C@@H]1C[C@H](C)CN(c2ccc(N3C(=S)N[C@H](c4ccccn4)[C@H]3c3cccn3-c3cccc(F)c3)cc2Cl)C1. The molecule has 2 fully saturated rings. The normalized spacial score (nSPS) is 23.2. The number of nitrogens with one attached hydrogen (secondary N) is 1. The van der Waals surface area contributed by atoms with Crippen LogP contribution in [0.15, 0.2) is 85.2 Å². The summed E-state index contributed by atoms with van der Waals surface area (Å²) >= 11 is 12.9. The average molecular weight is 560 g/mol. The van der Waals surface area contributed by atoms with Crippen LogP contribution in [-0.4, -0.2) is 27.8 Å². The van der Waals surface area contributed by atoms with Gasteiger partial charge in [0.05, 0.1) is 22.4 Å². The van der Waals surface area contributed by atoms with E-state index >= 15 is 0 Å². The van der Waals surface area contributed by atoms with Gasteiger partial charge in [0.25, 0.3) is 0 Å². The molecule has 6 rings (SSSR count). The molecule has 0 aliphatic carbocycles. The number of hydrogen-bond acceptors (Lipinski definition) is 3. The molecule has 2 aliphatic heterocycles. The second-order valence-electron chi connectivity index (χ2n) is 10.8. The van der Waals surface area contributed by atoms with Crippen LogP contribution < -0.4 is 15.1 Å². The Morgan fingerprint density at radius 1 is 0.949 bits per heavy atom. The molecule has 200 valence electrons. The highest BCUT2D eigenvalue weighted by atomic mass is 35.5. The lowest BCUT2D eigenvalue weighted by Gasteiger charge is -2.37. The van der Waals surface area contributed by atoms with Crippen molar-refractivity contribution >= 4 is 40.3 Å². The van der Waals surface area contributed by atoms with Crippen LogP contribution >= 0.6 is 23.8 Å². The summed E-state index contributed by atoms with van der Waals surface area (Å²) in [7, 11) is 0. The summed E-state index contributed by atoms with van der Waals surface area (Å²) in [6.45, 7) is 6.60. The molecule has 0 radical (unpaired) electrons. The van der Waals surface area contributed by atoms with Gasteiger partial charge < -0.3 is 19.7 Å². The van der Waals surface area contributed by atoms with Crippen molar-refractivity contribution < 1.29 is 4.39 Å². The van der Waals surface area contributed by atoms with E-state index in [1.165, 1.54) is 18.6 Å². The van der Waals surface area contributed by atoms with Crippen molar-refractivity contribution in [1.82, 2.24) is 14.9 Å². The lowest BCUT2D eigenvalue weighted by Crippen LogP contribution is -2.38. The second-order valence-corrected chi connectivity index (χ2v) is 11.6. The number of aromatic nitrogens is 2. The average Bonchev–Trinajstić information content (AvgIpc) is 3.53. The van der Waals surface area contributed by atoms with Gasteiger partial charge >= 0.3 is 0 Å². The molecule has 0 bridgehead atoms. The fourth-order valence-corrected chi connectivity index (χ4v) is 6.83. The van der Waals surface area contributed by atoms with Gasteiger partial charge in [-0.2, -0.15) is 0 Å². The Morgan fingerprint density at radius 3 is 2.49 bits per heavy atom. The van der Waals surface area contributed by atoms with Crippen molar-refractivity contribution in [2.75, 3.05) is 22.9 Å². The van der Waals surface area contributed by atoms with Gasteiger partial charge in [0.2, 0.25) is 0 Å². The first-order chi connectivity index (χ1) is 18.9. The first kappa shape index (κ1) is 25.8. The summed E-state index contributed by atoms with van der Waals surface area (Å²) in [5.41, 5.74) is 4.53. The van der Waals surface area contributed by atoms with E-state index in [1.807, 2.05) is 47.2 Å². The quantitative estimate of drug-likeness (QED) is 0.259. The lowest BCUT2D eigenvalue weighted by molar-refractivity contribution is 0.357. The number of anilines is 2. The van der Waals surface area contributed by atoms with E-state index in [-0.39, 0.29) is 17.9 Å².